The maximum absolute atomic E-state index is 11.4. The number of esters is 1. The Balaban J connectivity index is 2.37. The number of hydrogen-bond donors (Lipinski definition) is 1. The number of nitrogens with zero attached hydrogens (tertiary/aromatic N) is 1. The van der Waals surface area contributed by atoms with Crippen molar-refractivity contribution in [2.75, 3.05) is 7.11 Å². The van der Waals surface area contributed by atoms with Crippen LogP contribution in [0.15, 0.2) is 43.1 Å². The quantitative estimate of drug-likeness (QED) is 0.658. The molecule has 1 aromatic heterocycles. The Labute approximate surface area is 112 Å². The SMILES string of the molecule is C=CCn1cc(C[C@H](N)C(=O)OC)c2ccccc21. The van der Waals surface area contributed by atoms with E-state index in [2.05, 4.69) is 15.9 Å². The zero-order valence-corrected chi connectivity index (χ0v) is 11.0. The molecule has 0 fully saturated rings. The molecule has 2 aromatic rings. The lowest BCUT2D eigenvalue weighted by Crippen LogP contribution is -2.33. The summed E-state index contributed by atoms with van der Waals surface area (Å²) in [5.41, 5.74) is 8.00. The van der Waals surface area contributed by atoms with E-state index in [0.717, 1.165) is 23.0 Å². The fraction of sp³-hybridized carbons (Fsp3) is 0.267. The Morgan fingerprint density at radius 3 is 2.95 bits per heavy atom. The first kappa shape index (κ1) is 13.4. The van der Waals surface area contributed by atoms with Gasteiger partial charge in [-0.3, -0.25) is 4.79 Å². The van der Waals surface area contributed by atoms with E-state index in [1.807, 2.05) is 36.5 Å². The molecule has 4 heteroatoms. The van der Waals surface area contributed by atoms with Gasteiger partial charge in [-0.25, -0.2) is 0 Å². The number of carbonyl (C=O) groups excluding carboxylic acids is 1. The number of ether oxygens (including phenoxy) is 1. The van der Waals surface area contributed by atoms with Crippen LogP contribution in [0.4, 0.5) is 0 Å². The van der Waals surface area contributed by atoms with Gasteiger partial charge in [0.2, 0.25) is 0 Å². The maximum Gasteiger partial charge on any atom is 0.322 e. The number of nitrogens with two attached hydrogens (primary N) is 1. The summed E-state index contributed by atoms with van der Waals surface area (Å²) >= 11 is 0. The Bertz CT molecular complexity index is 601. The molecule has 1 heterocycles. The van der Waals surface area contributed by atoms with Crippen molar-refractivity contribution in [3.8, 4) is 0 Å². The van der Waals surface area contributed by atoms with Gasteiger partial charge in [0, 0.05) is 30.1 Å². The topological polar surface area (TPSA) is 57.2 Å². The highest BCUT2D eigenvalue weighted by atomic mass is 16.5. The fourth-order valence-electron chi connectivity index (χ4n) is 2.25. The normalized spacial score (nSPS) is 12.3. The predicted molar refractivity (Wildman–Crippen MR) is 75.8 cm³/mol. The number of hydrogen-bond acceptors (Lipinski definition) is 3. The van der Waals surface area contributed by atoms with Gasteiger partial charge >= 0.3 is 5.97 Å². The van der Waals surface area contributed by atoms with Gasteiger partial charge in [0.25, 0.3) is 0 Å². The Morgan fingerprint density at radius 2 is 2.26 bits per heavy atom. The summed E-state index contributed by atoms with van der Waals surface area (Å²) in [6.45, 7) is 4.48. The monoisotopic (exact) mass is 258 g/mol. The summed E-state index contributed by atoms with van der Waals surface area (Å²) < 4.78 is 6.76. The van der Waals surface area contributed by atoms with Gasteiger partial charge in [0.15, 0.2) is 0 Å². The van der Waals surface area contributed by atoms with Gasteiger partial charge < -0.3 is 15.0 Å². The number of rotatable bonds is 5. The molecule has 0 bridgehead atoms. The number of para-hydroxylation sites is 1. The van der Waals surface area contributed by atoms with Crippen molar-refractivity contribution in [2.45, 2.75) is 19.0 Å². The number of allylic oxidation sites excluding steroid dienone is 1. The molecule has 19 heavy (non-hydrogen) atoms. The second-order valence-corrected chi connectivity index (χ2v) is 4.45. The second kappa shape index (κ2) is 5.71. The Kier molecular flexibility index (Phi) is 4.02. The molecule has 2 rings (SSSR count). The molecule has 100 valence electrons. The predicted octanol–water partition coefficient (Wildman–Crippen LogP) is 1.87. The van der Waals surface area contributed by atoms with Gasteiger partial charge in [-0.15, -0.1) is 6.58 Å². The molecule has 4 nitrogen and oxygen atoms in total. The lowest BCUT2D eigenvalue weighted by Gasteiger charge is -2.07. The zero-order valence-electron chi connectivity index (χ0n) is 11.0. The van der Waals surface area contributed by atoms with Crippen molar-refractivity contribution in [2.24, 2.45) is 5.73 Å². The van der Waals surface area contributed by atoms with E-state index < -0.39 is 6.04 Å². The first-order valence-electron chi connectivity index (χ1n) is 6.18. The molecule has 1 aromatic carbocycles. The molecule has 1 atom stereocenters. The lowest BCUT2D eigenvalue weighted by atomic mass is 10.1. The summed E-state index contributed by atoms with van der Waals surface area (Å²) in [7, 11) is 1.35. The number of fused-ring (bicyclic) bond motifs is 1. The van der Waals surface area contributed by atoms with Crippen LogP contribution in [0.3, 0.4) is 0 Å². The minimum atomic E-state index is -0.631. The van der Waals surface area contributed by atoms with Crippen LogP contribution in [0.1, 0.15) is 5.56 Å². The van der Waals surface area contributed by atoms with Crippen LogP contribution in [0.2, 0.25) is 0 Å². The summed E-state index contributed by atoms with van der Waals surface area (Å²) in [5.74, 6) is -0.388. The second-order valence-electron chi connectivity index (χ2n) is 4.45. The Hall–Kier alpha value is -2.07. The van der Waals surface area contributed by atoms with Gasteiger partial charge in [-0.05, 0) is 11.6 Å². The van der Waals surface area contributed by atoms with E-state index in [1.54, 1.807) is 0 Å². The molecule has 0 saturated carbocycles. The smallest absolute Gasteiger partial charge is 0.322 e. The van der Waals surface area contributed by atoms with Gasteiger partial charge in [0.1, 0.15) is 6.04 Å². The van der Waals surface area contributed by atoms with Crippen LogP contribution in [-0.2, 0) is 22.5 Å². The molecule has 0 amide bonds. The Morgan fingerprint density at radius 1 is 1.53 bits per heavy atom. The third-order valence-electron chi connectivity index (χ3n) is 3.14. The minimum Gasteiger partial charge on any atom is -0.468 e. The van der Waals surface area contributed by atoms with Gasteiger partial charge in [-0.1, -0.05) is 24.3 Å². The van der Waals surface area contributed by atoms with E-state index in [4.69, 9.17) is 5.73 Å². The third kappa shape index (κ3) is 2.69. The number of benzene rings is 1. The molecule has 2 N–H and O–H groups in total. The highest BCUT2D eigenvalue weighted by Gasteiger charge is 2.17. The van der Waals surface area contributed by atoms with Crippen molar-refractivity contribution in [3.63, 3.8) is 0 Å². The van der Waals surface area contributed by atoms with Crippen LogP contribution in [0.25, 0.3) is 10.9 Å². The van der Waals surface area contributed by atoms with Crippen molar-refractivity contribution in [1.82, 2.24) is 4.57 Å². The van der Waals surface area contributed by atoms with Crippen LogP contribution in [-0.4, -0.2) is 23.7 Å². The largest absolute Gasteiger partial charge is 0.468 e. The number of methoxy groups -OCH3 is 1. The van der Waals surface area contributed by atoms with E-state index in [1.165, 1.54) is 7.11 Å². The highest BCUT2D eigenvalue weighted by molar-refractivity contribution is 5.85. The van der Waals surface area contributed by atoms with Gasteiger partial charge in [-0.2, -0.15) is 0 Å². The maximum atomic E-state index is 11.4. The summed E-state index contributed by atoms with van der Waals surface area (Å²) in [5, 5.41) is 1.11. The molecular formula is C15H18N2O2. The van der Waals surface area contributed by atoms with Crippen molar-refractivity contribution >= 4 is 16.9 Å². The van der Waals surface area contributed by atoms with Crippen LogP contribution in [0.5, 0.6) is 0 Å². The van der Waals surface area contributed by atoms with Crippen molar-refractivity contribution in [3.05, 3.63) is 48.7 Å². The first-order valence-corrected chi connectivity index (χ1v) is 6.18. The highest BCUT2D eigenvalue weighted by Crippen LogP contribution is 2.22. The molecule has 0 aliphatic heterocycles. The zero-order chi connectivity index (χ0) is 13.8. The van der Waals surface area contributed by atoms with Crippen LogP contribution < -0.4 is 5.73 Å². The van der Waals surface area contributed by atoms with Crippen molar-refractivity contribution in [1.29, 1.82) is 0 Å². The van der Waals surface area contributed by atoms with Crippen LogP contribution >= 0.6 is 0 Å². The summed E-state index contributed by atoms with van der Waals surface area (Å²) in [6.07, 6.45) is 4.34. The average molecular weight is 258 g/mol. The van der Waals surface area contributed by atoms with E-state index in [0.29, 0.717) is 6.42 Å². The fourth-order valence-corrected chi connectivity index (χ4v) is 2.25. The molecule has 0 radical (unpaired) electrons. The van der Waals surface area contributed by atoms with E-state index in [-0.39, 0.29) is 5.97 Å². The summed E-state index contributed by atoms with van der Waals surface area (Å²) in [6, 6.07) is 7.42. The van der Waals surface area contributed by atoms with Gasteiger partial charge in [0.05, 0.1) is 7.11 Å². The van der Waals surface area contributed by atoms with Crippen molar-refractivity contribution < 1.29 is 9.53 Å². The summed E-state index contributed by atoms with van der Waals surface area (Å²) in [4.78, 5) is 11.4. The third-order valence-corrected chi connectivity index (χ3v) is 3.14. The molecule has 0 saturated heterocycles. The molecule has 0 aliphatic carbocycles. The molecular weight excluding hydrogens is 240 g/mol. The van der Waals surface area contributed by atoms with E-state index in [9.17, 15) is 4.79 Å². The molecule has 0 unspecified atom stereocenters. The lowest BCUT2D eigenvalue weighted by molar-refractivity contribution is -0.142. The molecule has 0 spiro atoms. The number of carbonyl (C=O) groups is 1. The van der Waals surface area contributed by atoms with E-state index >= 15 is 0 Å². The number of aromatic nitrogens is 1. The molecule has 0 aliphatic rings. The standard InChI is InChI=1S/C15H18N2O2/c1-3-8-17-10-11(9-13(16)15(18)19-2)12-6-4-5-7-14(12)17/h3-7,10,13H,1,8-9,16H2,2H3/t13-/m0/s1. The first-order chi connectivity index (χ1) is 9.17. The minimum absolute atomic E-state index is 0.388. The average Bonchev–Trinajstić information content (AvgIpc) is 2.77. The van der Waals surface area contributed by atoms with Crippen LogP contribution in [0, 0.1) is 0 Å².